The summed E-state index contributed by atoms with van der Waals surface area (Å²) in [5, 5.41) is 0.773. The molecule has 0 spiro atoms. The Hall–Kier alpha value is -0.770. The van der Waals surface area contributed by atoms with E-state index >= 15 is 0 Å². The summed E-state index contributed by atoms with van der Waals surface area (Å²) >= 11 is 6.39. The molecule has 0 bridgehead atoms. The second-order valence-electron chi connectivity index (χ2n) is 5.17. The summed E-state index contributed by atoms with van der Waals surface area (Å²) in [6.07, 6.45) is 2.65. The molecule has 1 aliphatic rings. The van der Waals surface area contributed by atoms with Gasteiger partial charge in [-0.2, -0.15) is 0 Å². The Balaban J connectivity index is 2.13. The first-order chi connectivity index (χ1) is 9.11. The van der Waals surface area contributed by atoms with Crippen molar-refractivity contribution >= 4 is 17.3 Å². The summed E-state index contributed by atoms with van der Waals surface area (Å²) in [5.41, 5.74) is 8.03. The van der Waals surface area contributed by atoms with Crippen molar-refractivity contribution in [3.05, 3.63) is 28.8 Å². The molecule has 2 N–H and O–H groups in total. The first kappa shape index (κ1) is 14.6. The smallest absolute Gasteiger partial charge is 0.0750 e. The van der Waals surface area contributed by atoms with Crippen molar-refractivity contribution in [1.82, 2.24) is 0 Å². The maximum Gasteiger partial charge on any atom is 0.0750 e. The number of halogens is 1. The minimum Gasteiger partial charge on any atom is -0.376 e. The summed E-state index contributed by atoms with van der Waals surface area (Å²) in [5.74, 6) is 0. The van der Waals surface area contributed by atoms with Crippen LogP contribution in [-0.4, -0.2) is 25.8 Å². The van der Waals surface area contributed by atoms with Gasteiger partial charge in [-0.1, -0.05) is 17.7 Å². The summed E-state index contributed by atoms with van der Waals surface area (Å²) in [7, 11) is 0. The minimum absolute atomic E-state index is 0.0137. The zero-order valence-corrected chi connectivity index (χ0v) is 12.5. The lowest BCUT2D eigenvalue weighted by molar-refractivity contribution is 0.115. The lowest BCUT2D eigenvalue weighted by Crippen LogP contribution is -2.32. The van der Waals surface area contributed by atoms with Crippen molar-refractivity contribution in [2.75, 3.05) is 24.6 Å². The monoisotopic (exact) mass is 282 g/mol. The fraction of sp³-hybridized carbons (Fsp3) is 0.600. The van der Waals surface area contributed by atoms with Crippen LogP contribution in [0.2, 0.25) is 5.02 Å². The highest BCUT2D eigenvalue weighted by Crippen LogP contribution is 2.29. The molecule has 1 unspecified atom stereocenters. The maximum atomic E-state index is 6.39. The highest BCUT2D eigenvalue weighted by molar-refractivity contribution is 6.33. The highest BCUT2D eigenvalue weighted by atomic mass is 35.5. The first-order valence-corrected chi connectivity index (χ1v) is 7.41. The average Bonchev–Trinajstić information content (AvgIpc) is 2.89. The van der Waals surface area contributed by atoms with Gasteiger partial charge in [-0.25, -0.2) is 0 Å². The van der Waals surface area contributed by atoms with Crippen LogP contribution in [0.15, 0.2) is 18.2 Å². The molecular formula is C15H23ClN2O. The molecule has 1 aromatic carbocycles. The second-order valence-corrected chi connectivity index (χ2v) is 5.58. The van der Waals surface area contributed by atoms with Crippen molar-refractivity contribution in [2.45, 2.75) is 38.8 Å². The third-order valence-corrected chi connectivity index (χ3v) is 3.97. The topological polar surface area (TPSA) is 38.5 Å². The number of hydrogen-bond acceptors (Lipinski definition) is 3. The van der Waals surface area contributed by atoms with Crippen LogP contribution in [0.3, 0.4) is 0 Å². The Morgan fingerprint density at radius 2 is 2.32 bits per heavy atom. The molecule has 1 fully saturated rings. The first-order valence-electron chi connectivity index (χ1n) is 7.03. The van der Waals surface area contributed by atoms with Crippen LogP contribution in [0.1, 0.15) is 38.3 Å². The lowest BCUT2D eigenvalue weighted by atomic mass is 10.1. The minimum atomic E-state index is 0.0137. The molecule has 1 aromatic rings. The summed E-state index contributed by atoms with van der Waals surface area (Å²) in [4.78, 5) is 2.28. The molecule has 19 heavy (non-hydrogen) atoms. The molecule has 106 valence electrons. The predicted octanol–water partition coefficient (Wildman–Crippen LogP) is 3.37. The van der Waals surface area contributed by atoms with E-state index < -0.39 is 0 Å². The molecule has 1 aliphatic heterocycles. The molecule has 0 radical (unpaired) electrons. The van der Waals surface area contributed by atoms with Crippen molar-refractivity contribution in [1.29, 1.82) is 0 Å². The Morgan fingerprint density at radius 3 is 2.84 bits per heavy atom. The highest BCUT2D eigenvalue weighted by Gasteiger charge is 2.20. The van der Waals surface area contributed by atoms with Gasteiger partial charge in [0.25, 0.3) is 0 Å². The zero-order chi connectivity index (χ0) is 13.8. The third kappa shape index (κ3) is 3.62. The molecule has 2 rings (SSSR count). The van der Waals surface area contributed by atoms with Crippen molar-refractivity contribution in [3.63, 3.8) is 0 Å². The van der Waals surface area contributed by atoms with Gasteiger partial charge in [0.2, 0.25) is 0 Å². The Kier molecular flexibility index (Phi) is 5.08. The van der Waals surface area contributed by atoms with Gasteiger partial charge in [0.05, 0.1) is 16.8 Å². The van der Waals surface area contributed by atoms with Crippen LogP contribution in [-0.2, 0) is 4.74 Å². The van der Waals surface area contributed by atoms with Gasteiger partial charge in [-0.15, -0.1) is 0 Å². The SMILES string of the molecule is CCN(CC1CCCO1)c1ccc([C@H](C)N)cc1Cl. The average molecular weight is 283 g/mol. The number of ether oxygens (including phenoxy) is 1. The third-order valence-electron chi connectivity index (χ3n) is 3.67. The fourth-order valence-electron chi connectivity index (χ4n) is 2.49. The molecule has 0 amide bonds. The van der Waals surface area contributed by atoms with E-state index in [-0.39, 0.29) is 6.04 Å². The van der Waals surface area contributed by atoms with Gasteiger partial charge in [0.1, 0.15) is 0 Å². The van der Waals surface area contributed by atoms with Crippen LogP contribution in [0, 0.1) is 0 Å². The Bertz CT molecular complexity index is 417. The molecule has 2 atom stereocenters. The van der Waals surface area contributed by atoms with Crippen LogP contribution in [0.25, 0.3) is 0 Å². The summed E-state index contributed by atoms with van der Waals surface area (Å²) in [6.45, 7) is 6.84. The van der Waals surface area contributed by atoms with Gasteiger partial charge < -0.3 is 15.4 Å². The van der Waals surface area contributed by atoms with Gasteiger partial charge in [-0.3, -0.25) is 0 Å². The maximum absolute atomic E-state index is 6.39. The number of likely N-dealkylation sites (N-methyl/N-ethyl adjacent to an activating group) is 1. The number of hydrogen-bond donors (Lipinski definition) is 1. The molecule has 1 heterocycles. The van der Waals surface area contributed by atoms with Crippen LogP contribution < -0.4 is 10.6 Å². The summed E-state index contributed by atoms with van der Waals surface area (Å²) < 4.78 is 5.70. The van der Waals surface area contributed by atoms with E-state index in [2.05, 4.69) is 24.0 Å². The predicted molar refractivity (Wildman–Crippen MR) is 80.9 cm³/mol. The van der Waals surface area contributed by atoms with Crippen molar-refractivity contribution < 1.29 is 4.74 Å². The van der Waals surface area contributed by atoms with Gasteiger partial charge in [0.15, 0.2) is 0 Å². The van der Waals surface area contributed by atoms with Crippen LogP contribution >= 0.6 is 11.6 Å². The van der Waals surface area contributed by atoms with E-state index in [9.17, 15) is 0 Å². The second kappa shape index (κ2) is 6.60. The molecular weight excluding hydrogens is 260 g/mol. The van der Waals surface area contributed by atoms with Gasteiger partial charge in [-0.05, 0) is 44.4 Å². The van der Waals surface area contributed by atoms with Gasteiger partial charge >= 0.3 is 0 Å². The molecule has 0 aromatic heterocycles. The largest absolute Gasteiger partial charge is 0.376 e. The Labute approximate surface area is 120 Å². The van der Waals surface area contributed by atoms with Crippen LogP contribution in [0.4, 0.5) is 5.69 Å². The van der Waals surface area contributed by atoms with E-state index in [4.69, 9.17) is 22.1 Å². The molecule has 0 aliphatic carbocycles. The lowest BCUT2D eigenvalue weighted by Gasteiger charge is -2.27. The van der Waals surface area contributed by atoms with Crippen molar-refractivity contribution in [3.8, 4) is 0 Å². The normalized spacial score (nSPS) is 20.5. The Morgan fingerprint density at radius 1 is 1.53 bits per heavy atom. The number of nitrogens with zero attached hydrogens (tertiary/aromatic N) is 1. The molecule has 3 nitrogen and oxygen atoms in total. The van der Waals surface area contributed by atoms with E-state index in [0.717, 1.165) is 42.4 Å². The molecule has 4 heteroatoms. The fourth-order valence-corrected chi connectivity index (χ4v) is 2.80. The van der Waals surface area contributed by atoms with E-state index in [0.29, 0.717) is 6.10 Å². The number of rotatable bonds is 5. The summed E-state index contributed by atoms with van der Waals surface area (Å²) in [6, 6.07) is 6.11. The quantitative estimate of drug-likeness (QED) is 0.900. The van der Waals surface area contributed by atoms with Crippen molar-refractivity contribution in [2.24, 2.45) is 5.73 Å². The standard InChI is InChI=1S/C15H23ClN2O/c1-3-18(10-13-5-4-8-19-13)15-7-6-12(11(2)17)9-14(15)16/h6-7,9,11,13H,3-5,8,10,17H2,1-2H3/t11-,13?/m0/s1. The van der Waals surface area contributed by atoms with E-state index in [1.165, 1.54) is 6.42 Å². The zero-order valence-electron chi connectivity index (χ0n) is 11.7. The van der Waals surface area contributed by atoms with Gasteiger partial charge in [0, 0.05) is 25.7 Å². The van der Waals surface area contributed by atoms with E-state index in [1.807, 2.05) is 13.0 Å². The number of anilines is 1. The molecule has 1 saturated heterocycles. The molecule has 0 saturated carbocycles. The van der Waals surface area contributed by atoms with E-state index in [1.54, 1.807) is 0 Å². The number of nitrogens with two attached hydrogens (primary N) is 1. The van der Waals surface area contributed by atoms with Crippen LogP contribution in [0.5, 0.6) is 0 Å². The number of benzene rings is 1.